The molecular formula is C31H27NO4. The summed E-state index contributed by atoms with van der Waals surface area (Å²) in [5.74, 6) is -0.365. The van der Waals surface area contributed by atoms with E-state index in [2.05, 4.69) is 30.3 Å². The highest BCUT2D eigenvalue weighted by atomic mass is 16.5. The number of aromatic nitrogens is 1. The van der Waals surface area contributed by atoms with Gasteiger partial charge in [0.05, 0.1) is 0 Å². The molecule has 0 saturated carbocycles. The molecule has 0 radical (unpaired) electrons. The van der Waals surface area contributed by atoms with Gasteiger partial charge in [-0.15, -0.1) is 0 Å². The van der Waals surface area contributed by atoms with Crippen LogP contribution in [0.25, 0.3) is 6.08 Å². The van der Waals surface area contributed by atoms with Crippen LogP contribution < -0.4 is 10.3 Å². The summed E-state index contributed by atoms with van der Waals surface area (Å²) in [5, 5.41) is 8.95. The van der Waals surface area contributed by atoms with Crippen LogP contribution >= 0.6 is 0 Å². The summed E-state index contributed by atoms with van der Waals surface area (Å²) in [5.41, 5.74) is 6.54. The van der Waals surface area contributed by atoms with E-state index >= 15 is 0 Å². The van der Waals surface area contributed by atoms with Gasteiger partial charge in [0.2, 0.25) is 0 Å². The second-order valence-corrected chi connectivity index (χ2v) is 8.99. The first-order valence-corrected chi connectivity index (χ1v) is 12.0. The lowest BCUT2D eigenvalue weighted by atomic mass is 9.86. The molecule has 0 atom stereocenters. The number of benzene rings is 3. The average molecular weight is 478 g/mol. The van der Waals surface area contributed by atoms with Crippen molar-refractivity contribution in [3.05, 3.63) is 141 Å². The molecule has 0 amide bonds. The number of carboxylic acid groups (broad SMARTS) is 1. The second-order valence-electron chi connectivity index (χ2n) is 8.99. The van der Waals surface area contributed by atoms with Crippen molar-refractivity contribution in [3.8, 4) is 5.75 Å². The number of hydrogen-bond acceptors (Lipinski definition) is 3. The van der Waals surface area contributed by atoms with E-state index in [0.29, 0.717) is 12.3 Å². The number of carbonyl (C=O) groups is 1. The molecule has 0 unspecified atom stereocenters. The highest BCUT2D eigenvalue weighted by Gasteiger charge is 2.19. The number of rotatable bonds is 8. The lowest BCUT2D eigenvalue weighted by molar-refractivity contribution is -0.139. The molecule has 36 heavy (non-hydrogen) atoms. The minimum absolute atomic E-state index is 0.0225. The standard InChI is InChI=1S/C31H27NO4/c33-29-17-15-26(31(23-8-3-1-4-9-23)24-10-5-2-6-11-24)20-32(29)19-22-14-16-27-25(18-22)12-7-13-28(27)36-21-30(34)35/h1-13,15,17-18,20,31H,14,16,19,21H2,(H,34,35). The van der Waals surface area contributed by atoms with Gasteiger partial charge in [0, 0.05) is 30.3 Å². The van der Waals surface area contributed by atoms with Crippen molar-refractivity contribution >= 4 is 12.0 Å². The minimum Gasteiger partial charge on any atom is -0.482 e. The topological polar surface area (TPSA) is 68.5 Å². The van der Waals surface area contributed by atoms with Crippen LogP contribution in [0.5, 0.6) is 5.75 Å². The molecule has 5 nitrogen and oxygen atoms in total. The maximum atomic E-state index is 12.8. The van der Waals surface area contributed by atoms with Gasteiger partial charge in [-0.05, 0) is 46.7 Å². The Labute approximate surface area is 209 Å². The monoisotopic (exact) mass is 477 g/mol. The van der Waals surface area contributed by atoms with Gasteiger partial charge in [-0.1, -0.05) is 84.9 Å². The van der Waals surface area contributed by atoms with Gasteiger partial charge in [0.15, 0.2) is 6.61 Å². The van der Waals surface area contributed by atoms with E-state index in [-0.39, 0.29) is 18.1 Å². The largest absolute Gasteiger partial charge is 0.482 e. The summed E-state index contributed by atoms with van der Waals surface area (Å²) in [6.07, 6.45) is 5.59. The Morgan fingerprint density at radius 3 is 2.19 bits per heavy atom. The van der Waals surface area contributed by atoms with Crippen molar-refractivity contribution in [2.45, 2.75) is 25.3 Å². The van der Waals surface area contributed by atoms with Crippen molar-refractivity contribution in [2.24, 2.45) is 0 Å². The quantitative estimate of drug-likeness (QED) is 0.363. The Hall–Kier alpha value is -4.38. The maximum absolute atomic E-state index is 12.8. The average Bonchev–Trinajstić information content (AvgIpc) is 2.90. The lowest BCUT2D eigenvalue weighted by Gasteiger charge is -2.22. The molecule has 1 aliphatic carbocycles. The molecule has 1 heterocycles. The molecule has 1 aliphatic rings. The van der Waals surface area contributed by atoms with Crippen molar-refractivity contribution in [1.29, 1.82) is 0 Å². The highest BCUT2D eigenvalue weighted by molar-refractivity contribution is 5.69. The molecule has 0 spiro atoms. The third kappa shape index (κ3) is 5.15. The summed E-state index contributed by atoms with van der Waals surface area (Å²) in [7, 11) is 0. The van der Waals surface area contributed by atoms with Gasteiger partial charge >= 0.3 is 5.97 Å². The fourth-order valence-corrected chi connectivity index (χ4v) is 4.89. The zero-order valence-corrected chi connectivity index (χ0v) is 19.8. The molecule has 0 bridgehead atoms. The third-order valence-electron chi connectivity index (χ3n) is 6.56. The van der Waals surface area contributed by atoms with E-state index in [1.54, 1.807) is 10.6 Å². The number of carboxylic acids is 1. The number of ether oxygens (including phenoxy) is 1. The van der Waals surface area contributed by atoms with Gasteiger partial charge in [-0.25, -0.2) is 4.79 Å². The van der Waals surface area contributed by atoms with Crippen molar-refractivity contribution in [1.82, 2.24) is 4.57 Å². The molecule has 0 saturated heterocycles. The number of fused-ring (bicyclic) bond motifs is 1. The van der Waals surface area contributed by atoms with E-state index in [0.717, 1.165) is 35.1 Å². The van der Waals surface area contributed by atoms with Crippen molar-refractivity contribution in [3.63, 3.8) is 0 Å². The SMILES string of the molecule is O=C(O)COc1cccc2c1CCC(Cn1cc(C(c3ccccc3)c3ccccc3)ccc1=O)=C2. The first-order valence-electron chi connectivity index (χ1n) is 12.0. The molecule has 0 aliphatic heterocycles. The second kappa shape index (κ2) is 10.5. The number of allylic oxidation sites excluding steroid dienone is 1. The number of pyridine rings is 1. The summed E-state index contributed by atoms with van der Waals surface area (Å²) >= 11 is 0. The summed E-state index contributed by atoms with van der Waals surface area (Å²) in [6.45, 7) is 0.141. The molecule has 4 aromatic rings. The van der Waals surface area contributed by atoms with Crippen LogP contribution in [0.3, 0.4) is 0 Å². The minimum atomic E-state index is -0.997. The number of nitrogens with zero attached hydrogens (tertiary/aromatic N) is 1. The molecule has 5 heteroatoms. The smallest absolute Gasteiger partial charge is 0.341 e. The fourth-order valence-electron chi connectivity index (χ4n) is 4.89. The van der Waals surface area contributed by atoms with Crippen molar-refractivity contribution in [2.75, 3.05) is 6.61 Å². The van der Waals surface area contributed by atoms with E-state index in [1.165, 1.54) is 11.1 Å². The van der Waals surface area contributed by atoms with Crippen LogP contribution in [0.15, 0.2) is 108 Å². The molecule has 180 valence electrons. The predicted octanol–water partition coefficient (Wildman–Crippen LogP) is 5.52. The van der Waals surface area contributed by atoms with Crippen LogP contribution in [0.2, 0.25) is 0 Å². The molecule has 1 aromatic heterocycles. The molecule has 3 aromatic carbocycles. The summed E-state index contributed by atoms with van der Waals surface area (Å²) < 4.78 is 7.27. The highest BCUT2D eigenvalue weighted by Crippen LogP contribution is 2.33. The Balaban J connectivity index is 1.46. The fraction of sp³-hybridized carbons (Fsp3) is 0.161. The number of aliphatic carboxylic acids is 1. The zero-order valence-electron chi connectivity index (χ0n) is 19.8. The number of hydrogen-bond donors (Lipinski definition) is 1. The van der Waals surface area contributed by atoms with Gasteiger partial charge in [-0.2, -0.15) is 0 Å². The Kier molecular flexibility index (Phi) is 6.80. The first-order chi connectivity index (χ1) is 17.6. The third-order valence-corrected chi connectivity index (χ3v) is 6.56. The predicted molar refractivity (Wildman–Crippen MR) is 140 cm³/mol. The van der Waals surface area contributed by atoms with Crippen LogP contribution in [-0.4, -0.2) is 22.2 Å². The molecular weight excluding hydrogens is 450 g/mol. The van der Waals surface area contributed by atoms with Crippen LogP contribution in [0.1, 0.15) is 40.2 Å². The molecule has 0 fully saturated rings. The van der Waals surface area contributed by atoms with Gasteiger partial charge in [-0.3, -0.25) is 4.79 Å². The van der Waals surface area contributed by atoms with Crippen LogP contribution in [0, 0.1) is 0 Å². The van der Waals surface area contributed by atoms with Crippen LogP contribution in [-0.2, 0) is 17.8 Å². The summed E-state index contributed by atoms with van der Waals surface area (Å²) in [4.78, 5) is 23.8. The first kappa shape index (κ1) is 23.4. The molecule has 5 rings (SSSR count). The van der Waals surface area contributed by atoms with E-state index in [4.69, 9.17) is 9.84 Å². The lowest BCUT2D eigenvalue weighted by Crippen LogP contribution is -2.22. The van der Waals surface area contributed by atoms with Gasteiger partial charge in [0.25, 0.3) is 5.56 Å². The Morgan fingerprint density at radius 1 is 0.833 bits per heavy atom. The van der Waals surface area contributed by atoms with Crippen LogP contribution in [0.4, 0.5) is 0 Å². The zero-order chi connectivity index (χ0) is 24.9. The van der Waals surface area contributed by atoms with E-state index in [1.807, 2.05) is 66.9 Å². The maximum Gasteiger partial charge on any atom is 0.341 e. The Bertz CT molecular complexity index is 1420. The summed E-state index contributed by atoms with van der Waals surface area (Å²) in [6, 6.07) is 29.9. The van der Waals surface area contributed by atoms with E-state index < -0.39 is 5.97 Å². The van der Waals surface area contributed by atoms with Gasteiger partial charge in [0.1, 0.15) is 5.75 Å². The van der Waals surface area contributed by atoms with E-state index in [9.17, 15) is 9.59 Å². The molecule has 1 N–H and O–H groups in total. The Morgan fingerprint density at radius 2 is 1.53 bits per heavy atom. The van der Waals surface area contributed by atoms with Crippen molar-refractivity contribution < 1.29 is 14.6 Å². The normalized spacial score (nSPS) is 12.6. The van der Waals surface area contributed by atoms with Gasteiger partial charge < -0.3 is 14.4 Å².